The molecule has 0 aliphatic carbocycles. The molecule has 19 heteroatoms. The van der Waals surface area contributed by atoms with Crippen LogP contribution in [0.5, 0.6) is 0 Å². The third kappa shape index (κ3) is 66.2. The quantitative estimate of drug-likeness (QED) is 0.0169. The number of aliphatic hydroxyl groups is 1. The Morgan fingerprint density at radius 1 is 0.337 bits per heavy atom. The van der Waals surface area contributed by atoms with Crippen LogP contribution in [0, 0.1) is 5.92 Å². The van der Waals surface area contributed by atoms with Crippen molar-refractivity contribution >= 4 is 39.5 Å². The number of aliphatic hydroxyl groups excluding tert-OH is 1. The summed E-state index contributed by atoms with van der Waals surface area (Å²) in [5.41, 5.74) is 0. The fourth-order valence-corrected chi connectivity index (χ4v) is 12.2. The van der Waals surface area contributed by atoms with Crippen LogP contribution in [0.4, 0.5) is 0 Å². The van der Waals surface area contributed by atoms with Gasteiger partial charge in [0.05, 0.1) is 26.4 Å². The Balaban J connectivity index is 5.27. The van der Waals surface area contributed by atoms with Crippen molar-refractivity contribution in [3.63, 3.8) is 0 Å². The molecule has 0 aromatic rings. The van der Waals surface area contributed by atoms with Gasteiger partial charge in [-0.3, -0.25) is 37.3 Å². The molecule has 0 spiro atoms. The maximum Gasteiger partial charge on any atom is 0.472 e. The molecule has 0 saturated heterocycles. The van der Waals surface area contributed by atoms with Gasteiger partial charge in [-0.25, -0.2) is 9.13 Å². The van der Waals surface area contributed by atoms with Crippen molar-refractivity contribution < 1.29 is 80.2 Å². The van der Waals surface area contributed by atoms with Crippen LogP contribution >= 0.6 is 15.6 Å². The predicted molar refractivity (Wildman–Crippen MR) is 372 cm³/mol. The minimum atomic E-state index is -4.96. The number of esters is 4. The number of phosphoric acid groups is 2. The molecule has 92 heavy (non-hydrogen) atoms. The van der Waals surface area contributed by atoms with Gasteiger partial charge in [0, 0.05) is 25.7 Å². The highest BCUT2D eigenvalue weighted by Crippen LogP contribution is 2.45. The minimum absolute atomic E-state index is 0.101. The summed E-state index contributed by atoms with van der Waals surface area (Å²) in [5, 5.41) is 10.6. The summed E-state index contributed by atoms with van der Waals surface area (Å²) in [6.45, 7) is 7.20. The van der Waals surface area contributed by atoms with Gasteiger partial charge < -0.3 is 33.8 Å². The van der Waals surface area contributed by atoms with Gasteiger partial charge in [-0.05, 0) is 57.3 Å². The second-order valence-corrected chi connectivity index (χ2v) is 29.0. The number of ether oxygens (including phenoxy) is 4. The number of hydrogen-bond donors (Lipinski definition) is 3. The number of carbonyl (C=O) groups excluding carboxylic acids is 4. The van der Waals surface area contributed by atoms with Crippen molar-refractivity contribution in [3.05, 3.63) is 24.3 Å². The lowest BCUT2D eigenvalue weighted by atomic mass is 10.0. The smallest absolute Gasteiger partial charge is 0.462 e. The molecule has 2 unspecified atom stereocenters. The third-order valence-corrected chi connectivity index (χ3v) is 18.3. The van der Waals surface area contributed by atoms with Gasteiger partial charge in [0.2, 0.25) is 0 Å². The molecule has 17 nitrogen and oxygen atoms in total. The first-order chi connectivity index (χ1) is 44.5. The van der Waals surface area contributed by atoms with Crippen LogP contribution in [0.1, 0.15) is 356 Å². The first kappa shape index (κ1) is 89.5. The Bertz CT molecular complexity index is 1860. The fraction of sp³-hybridized carbons (Fsp3) is 0.890. The van der Waals surface area contributed by atoms with Gasteiger partial charge >= 0.3 is 39.5 Å². The fourth-order valence-electron chi connectivity index (χ4n) is 10.6. The van der Waals surface area contributed by atoms with Crippen molar-refractivity contribution in [2.45, 2.75) is 374 Å². The monoisotopic (exact) mass is 1350 g/mol. The average molecular weight is 1350 g/mol. The highest BCUT2D eigenvalue weighted by molar-refractivity contribution is 7.47. The topological polar surface area (TPSA) is 237 Å². The van der Waals surface area contributed by atoms with Crippen LogP contribution in [0.25, 0.3) is 0 Å². The maximum atomic E-state index is 13.0. The Morgan fingerprint density at radius 2 is 0.587 bits per heavy atom. The van der Waals surface area contributed by atoms with E-state index in [2.05, 4.69) is 58.9 Å². The largest absolute Gasteiger partial charge is 0.472 e. The molecule has 3 N–H and O–H groups in total. The molecule has 0 aliphatic heterocycles. The van der Waals surface area contributed by atoms with E-state index in [0.29, 0.717) is 25.7 Å². The first-order valence-corrected chi connectivity index (χ1v) is 40.4. The van der Waals surface area contributed by atoms with E-state index >= 15 is 0 Å². The van der Waals surface area contributed by atoms with Gasteiger partial charge in [0.15, 0.2) is 12.2 Å². The second-order valence-electron chi connectivity index (χ2n) is 26.1. The Morgan fingerprint density at radius 3 is 0.891 bits per heavy atom. The summed E-state index contributed by atoms with van der Waals surface area (Å²) in [7, 11) is -9.91. The van der Waals surface area contributed by atoms with Crippen LogP contribution in [0.3, 0.4) is 0 Å². The maximum absolute atomic E-state index is 13.0. The van der Waals surface area contributed by atoms with E-state index in [-0.39, 0.29) is 25.7 Å². The van der Waals surface area contributed by atoms with E-state index < -0.39 is 97.5 Å². The van der Waals surface area contributed by atoms with Crippen LogP contribution in [-0.4, -0.2) is 96.7 Å². The lowest BCUT2D eigenvalue weighted by molar-refractivity contribution is -0.161. The second kappa shape index (κ2) is 65.8. The van der Waals surface area contributed by atoms with Gasteiger partial charge in [-0.1, -0.05) is 303 Å². The van der Waals surface area contributed by atoms with Crippen molar-refractivity contribution in [2.75, 3.05) is 39.6 Å². The molecule has 0 amide bonds. The molecule has 0 fully saturated rings. The van der Waals surface area contributed by atoms with E-state index in [9.17, 15) is 43.2 Å². The van der Waals surface area contributed by atoms with Gasteiger partial charge in [-0.15, -0.1) is 0 Å². The number of allylic oxidation sites excluding steroid dienone is 4. The molecule has 542 valence electrons. The lowest BCUT2D eigenvalue weighted by Crippen LogP contribution is -2.30. The Hall–Kier alpha value is -2.46. The van der Waals surface area contributed by atoms with E-state index in [1.807, 2.05) is 0 Å². The molecule has 5 atom stereocenters. The zero-order valence-corrected chi connectivity index (χ0v) is 61.0. The zero-order chi connectivity index (χ0) is 67.7. The van der Waals surface area contributed by atoms with Crippen LogP contribution in [0.15, 0.2) is 24.3 Å². The van der Waals surface area contributed by atoms with Crippen molar-refractivity contribution in [2.24, 2.45) is 5.92 Å². The van der Waals surface area contributed by atoms with E-state index in [1.165, 1.54) is 161 Å². The first-order valence-electron chi connectivity index (χ1n) is 37.5. The minimum Gasteiger partial charge on any atom is -0.462 e. The normalized spacial score (nSPS) is 14.2. The molecule has 0 radical (unpaired) electrons. The van der Waals surface area contributed by atoms with E-state index in [0.717, 1.165) is 115 Å². The van der Waals surface area contributed by atoms with Crippen LogP contribution in [0.2, 0.25) is 0 Å². The summed E-state index contributed by atoms with van der Waals surface area (Å²) < 4.78 is 68.3. The predicted octanol–water partition coefficient (Wildman–Crippen LogP) is 20.9. The molecular formula is C73H138O17P2. The summed E-state index contributed by atoms with van der Waals surface area (Å²) >= 11 is 0. The number of phosphoric ester groups is 2. The molecule has 0 aromatic heterocycles. The summed E-state index contributed by atoms with van der Waals surface area (Å²) in [6, 6.07) is 0. The molecular weight excluding hydrogens is 1210 g/mol. The molecule has 0 bridgehead atoms. The van der Waals surface area contributed by atoms with Crippen molar-refractivity contribution in [3.8, 4) is 0 Å². The SMILES string of the molecule is CCCCCC/C=C\C=C/CCCCCCCC(=O)OC[C@H](COP(=O)(O)OC[C@@H](O)COP(=O)(O)OC[C@@H](COC(=O)CCCCCCCCCCC)OC(=O)CCCCCCCCCCCCCC)OC(=O)CCCCCCCCCCCCCCCC(C)C. The Labute approximate surface area is 561 Å². The summed E-state index contributed by atoms with van der Waals surface area (Å²) in [4.78, 5) is 72.6. The molecule has 0 saturated carbocycles. The van der Waals surface area contributed by atoms with E-state index in [4.69, 9.17) is 37.0 Å². The zero-order valence-electron chi connectivity index (χ0n) is 59.2. The van der Waals surface area contributed by atoms with Crippen LogP contribution < -0.4 is 0 Å². The van der Waals surface area contributed by atoms with Crippen molar-refractivity contribution in [1.82, 2.24) is 0 Å². The van der Waals surface area contributed by atoms with Crippen LogP contribution in [-0.2, 0) is 65.4 Å². The summed E-state index contributed by atoms with van der Waals surface area (Å²) in [5.74, 6) is -1.36. The number of hydrogen-bond acceptors (Lipinski definition) is 15. The average Bonchev–Trinajstić information content (AvgIpc) is 1.53. The van der Waals surface area contributed by atoms with Gasteiger partial charge in [0.25, 0.3) is 0 Å². The van der Waals surface area contributed by atoms with Gasteiger partial charge in [0.1, 0.15) is 19.3 Å². The lowest BCUT2D eigenvalue weighted by Gasteiger charge is -2.21. The highest BCUT2D eigenvalue weighted by atomic mass is 31.2. The van der Waals surface area contributed by atoms with Gasteiger partial charge in [-0.2, -0.15) is 0 Å². The molecule has 0 aliphatic rings. The number of carbonyl (C=O) groups is 4. The molecule has 0 aromatic carbocycles. The highest BCUT2D eigenvalue weighted by Gasteiger charge is 2.30. The summed E-state index contributed by atoms with van der Waals surface area (Å²) in [6.07, 6.45) is 56.2. The Kier molecular flexibility index (Phi) is 64.0. The van der Waals surface area contributed by atoms with Crippen molar-refractivity contribution in [1.29, 1.82) is 0 Å². The molecule has 0 heterocycles. The number of rotatable bonds is 71. The molecule has 0 rings (SSSR count). The standard InChI is InChI=1S/C73H138O17P2/c1-6-9-12-15-18-21-23-25-26-29-33-37-42-47-52-57-71(76)84-63-69(90-73(78)59-54-49-44-39-34-30-27-28-31-36-40-45-50-55-66(4)5)65-88-92(81,82)86-61-67(74)60-85-91(79,80)87-64-68(62-83-70(75)56-51-46-41-35-20-17-14-11-8-3)89-72(77)58-53-48-43-38-32-24-22-19-16-13-10-7-2/h21,23,25-26,66-69,74H,6-20,22,24,27-65H2,1-5H3,(H,79,80)(H,81,82)/b23-21-,26-25-/t67-,68+,69+/m0/s1. The third-order valence-electron chi connectivity index (χ3n) is 16.4. The number of unbranched alkanes of at least 4 members (excludes halogenated alkanes) is 40. The van der Waals surface area contributed by atoms with E-state index in [1.54, 1.807) is 0 Å².